The number of likely N-dealkylation sites (tertiary alicyclic amines) is 2. The first-order valence-corrected chi connectivity index (χ1v) is 8.57. The van der Waals surface area contributed by atoms with Crippen molar-refractivity contribution in [3.8, 4) is 5.75 Å². The lowest BCUT2D eigenvalue weighted by molar-refractivity contribution is -0.132. The molecule has 126 valence electrons. The molecule has 1 amide bonds. The number of hydrogen-bond acceptors (Lipinski definition) is 4. The number of benzene rings is 1. The number of ether oxygens (including phenoxy) is 1. The molecule has 2 aliphatic heterocycles. The molecule has 2 aliphatic rings. The number of hydrogen-bond donors (Lipinski definition) is 1. The number of rotatable bonds is 6. The van der Waals surface area contributed by atoms with Crippen LogP contribution in [0, 0.1) is 5.92 Å². The molecule has 5 heteroatoms. The van der Waals surface area contributed by atoms with Crippen molar-refractivity contribution in [3.63, 3.8) is 0 Å². The molecule has 0 spiro atoms. The van der Waals surface area contributed by atoms with E-state index in [4.69, 9.17) is 4.74 Å². The molecular formula is C18H26N2O3. The number of nitrogens with zero attached hydrogens (tertiary/aromatic N) is 2. The Balaban J connectivity index is 1.44. The summed E-state index contributed by atoms with van der Waals surface area (Å²) in [4.78, 5) is 16.2. The first-order chi connectivity index (χ1) is 11.2. The lowest BCUT2D eigenvalue weighted by Crippen LogP contribution is -2.32. The van der Waals surface area contributed by atoms with E-state index in [0.717, 1.165) is 57.7 Å². The van der Waals surface area contributed by atoms with Crippen molar-refractivity contribution >= 4 is 5.91 Å². The van der Waals surface area contributed by atoms with Gasteiger partial charge in [0.1, 0.15) is 5.75 Å². The molecule has 2 saturated heterocycles. The van der Waals surface area contributed by atoms with Gasteiger partial charge >= 0.3 is 0 Å². The largest absolute Gasteiger partial charge is 0.484 e. The molecule has 1 atom stereocenters. The van der Waals surface area contributed by atoms with Crippen molar-refractivity contribution in [1.29, 1.82) is 0 Å². The van der Waals surface area contributed by atoms with Crippen LogP contribution in [0.25, 0.3) is 0 Å². The van der Waals surface area contributed by atoms with Gasteiger partial charge in [-0.2, -0.15) is 0 Å². The fourth-order valence-electron chi connectivity index (χ4n) is 3.36. The molecule has 0 radical (unpaired) electrons. The van der Waals surface area contributed by atoms with Crippen LogP contribution in [-0.4, -0.2) is 60.2 Å². The monoisotopic (exact) mass is 318 g/mol. The summed E-state index contributed by atoms with van der Waals surface area (Å²) >= 11 is 0. The van der Waals surface area contributed by atoms with Crippen molar-refractivity contribution < 1.29 is 14.6 Å². The molecule has 1 N–H and O–H groups in total. The molecular weight excluding hydrogens is 292 g/mol. The molecule has 1 aromatic carbocycles. The fraction of sp³-hybridized carbons (Fsp3) is 0.611. The third-order valence-electron chi connectivity index (χ3n) is 4.78. The van der Waals surface area contributed by atoms with Gasteiger partial charge < -0.3 is 14.7 Å². The predicted octanol–water partition coefficient (Wildman–Crippen LogP) is 1.50. The van der Waals surface area contributed by atoms with E-state index >= 15 is 0 Å². The normalized spacial score (nSPS) is 21.8. The van der Waals surface area contributed by atoms with Crippen molar-refractivity contribution in [3.05, 3.63) is 29.8 Å². The molecule has 2 heterocycles. The van der Waals surface area contributed by atoms with E-state index in [1.807, 2.05) is 17.0 Å². The molecule has 2 fully saturated rings. The molecule has 3 rings (SSSR count). The van der Waals surface area contributed by atoms with E-state index < -0.39 is 0 Å². The van der Waals surface area contributed by atoms with Crippen LogP contribution in [0.5, 0.6) is 5.75 Å². The zero-order valence-corrected chi connectivity index (χ0v) is 13.6. The second-order valence-corrected chi connectivity index (χ2v) is 6.59. The Hall–Kier alpha value is -1.59. The van der Waals surface area contributed by atoms with E-state index in [0.29, 0.717) is 5.92 Å². The Bertz CT molecular complexity index is 512. The maximum absolute atomic E-state index is 11.9. The molecule has 23 heavy (non-hydrogen) atoms. The van der Waals surface area contributed by atoms with E-state index in [1.54, 1.807) is 0 Å². The summed E-state index contributed by atoms with van der Waals surface area (Å²) in [6.07, 6.45) is 3.29. The summed E-state index contributed by atoms with van der Waals surface area (Å²) in [5, 5.41) is 9.19. The lowest BCUT2D eigenvalue weighted by Gasteiger charge is -2.17. The Morgan fingerprint density at radius 2 is 1.91 bits per heavy atom. The van der Waals surface area contributed by atoms with Crippen LogP contribution in [0.4, 0.5) is 0 Å². The van der Waals surface area contributed by atoms with Gasteiger partial charge in [0, 0.05) is 32.8 Å². The number of amides is 1. The molecule has 0 aliphatic carbocycles. The Kier molecular flexibility index (Phi) is 5.51. The van der Waals surface area contributed by atoms with Crippen molar-refractivity contribution in [1.82, 2.24) is 9.80 Å². The predicted molar refractivity (Wildman–Crippen MR) is 88.2 cm³/mol. The Morgan fingerprint density at radius 3 is 2.57 bits per heavy atom. The zero-order chi connectivity index (χ0) is 16.1. The molecule has 0 aromatic heterocycles. The van der Waals surface area contributed by atoms with Crippen molar-refractivity contribution in [2.24, 2.45) is 5.92 Å². The van der Waals surface area contributed by atoms with Crippen molar-refractivity contribution in [2.75, 3.05) is 39.4 Å². The number of carbonyl (C=O) groups excluding carboxylic acids is 1. The van der Waals surface area contributed by atoms with Gasteiger partial charge in [-0.25, -0.2) is 0 Å². The first-order valence-electron chi connectivity index (χ1n) is 8.57. The standard InChI is InChI=1S/C18H26N2O3/c21-13-16-7-10-19(12-16)11-15-3-5-17(6-4-15)23-14-18(22)20-8-1-2-9-20/h3-6,16,21H,1-2,7-14H2/t16-/m1/s1. The van der Waals surface area contributed by atoms with Gasteiger partial charge in [-0.05, 0) is 49.4 Å². The van der Waals surface area contributed by atoms with Crippen LogP contribution in [0.1, 0.15) is 24.8 Å². The maximum Gasteiger partial charge on any atom is 0.260 e. The van der Waals surface area contributed by atoms with Crippen LogP contribution in [-0.2, 0) is 11.3 Å². The van der Waals surface area contributed by atoms with Gasteiger partial charge in [-0.3, -0.25) is 9.69 Å². The average Bonchev–Trinajstić information content (AvgIpc) is 3.25. The summed E-state index contributed by atoms with van der Waals surface area (Å²) in [5.74, 6) is 1.25. The van der Waals surface area contributed by atoms with Gasteiger partial charge in [0.15, 0.2) is 6.61 Å². The number of carbonyl (C=O) groups is 1. The van der Waals surface area contributed by atoms with Gasteiger partial charge in [0.05, 0.1) is 0 Å². The summed E-state index contributed by atoms with van der Waals surface area (Å²) in [6.45, 7) is 5.08. The van der Waals surface area contributed by atoms with Crippen LogP contribution in [0.15, 0.2) is 24.3 Å². The van der Waals surface area contributed by atoms with Crippen LogP contribution in [0.2, 0.25) is 0 Å². The highest BCUT2D eigenvalue weighted by atomic mass is 16.5. The minimum Gasteiger partial charge on any atom is -0.484 e. The highest BCUT2D eigenvalue weighted by molar-refractivity contribution is 5.78. The van der Waals surface area contributed by atoms with Gasteiger partial charge in [-0.1, -0.05) is 12.1 Å². The Labute approximate surface area is 137 Å². The molecule has 0 bridgehead atoms. The minimum absolute atomic E-state index is 0.0821. The topological polar surface area (TPSA) is 53.0 Å². The van der Waals surface area contributed by atoms with Crippen LogP contribution in [0.3, 0.4) is 0 Å². The van der Waals surface area contributed by atoms with Crippen molar-refractivity contribution in [2.45, 2.75) is 25.8 Å². The third-order valence-corrected chi connectivity index (χ3v) is 4.78. The average molecular weight is 318 g/mol. The first kappa shape index (κ1) is 16.3. The SMILES string of the molecule is O=C(COc1ccc(CN2CC[C@@H](CO)C2)cc1)N1CCCC1. The van der Waals surface area contributed by atoms with Gasteiger partial charge in [0.25, 0.3) is 5.91 Å². The quantitative estimate of drug-likeness (QED) is 0.864. The summed E-state index contributed by atoms with van der Waals surface area (Å²) in [5.41, 5.74) is 1.24. The van der Waals surface area contributed by atoms with E-state index in [2.05, 4.69) is 17.0 Å². The summed E-state index contributed by atoms with van der Waals surface area (Å²) in [7, 11) is 0. The molecule has 0 saturated carbocycles. The van der Waals surface area contributed by atoms with Gasteiger partial charge in [0.2, 0.25) is 0 Å². The van der Waals surface area contributed by atoms with E-state index in [1.165, 1.54) is 5.56 Å². The number of aliphatic hydroxyl groups excluding tert-OH is 1. The minimum atomic E-state index is 0.0821. The second-order valence-electron chi connectivity index (χ2n) is 6.59. The zero-order valence-electron chi connectivity index (χ0n) is 13.6. The molecule has 0 unspecified atom stereocenters. The third kappa shape index (κ3) is 4.45. The second kappa shape index (κ2) is 7.79. The molecule has 5 nitrogen and oxygen atoms in total. The Morgan fingerprint density at radius 1 is 1.17 bits per heavy atom. The highest BCUT2D eigenvalue weighted by Crippen LogP contribution is 2.20. The molecule has 1 aromatic rings. The smallest absolute Gasteiger partial charge is 0.260 e. The van der Waals surface area contributed by atoms with E-state index in [-0.39, 0.29) is 19.1 Å². The van der Waals surface area contributed by atoms with E-state index in [9.17, 15) is 9.90 Å². The number of aliphatic hydroxyl groups is 1. The fourth-order valence-corrected chi connectivity index (χ4v) is 3.36. The highest BCUT2D eigenvalue weighted by Gasteiger charge is 2.21. The van der Waals surface area contributed by atoms with Crippen LogP contribution < -0.4 is 4.74 Å². The van der Waals surface area contributed by atoms with Gasteiger partial charge in [-0.15, -0.1) is 0 Å². The van der Waals surface area contributed by atoms with Crippen LogP contribution >= 0.6 is 0 Å². The summed E-state index contributed by atoms with van der Waals surface area (Å²) in [6, 6.07) is 7.99. The lowest BCUT2D eigenvalue weighted by atomic mass is 10.1. The summed E-state index contributed by atoms with van der Waals surface area (Å²) < 4.78 is 5.60. The maximum atomic E-state index is 11.9.